The van der Waals surface area contributed by atoms with Crippen molar-refractivity contribution in [3.05, 3.63) is 58.1 Å². The van der Waals surface area contributed by atoms with Crippen molar-refractivity contribution in [1.29, 1.82) is 0 Å². The average molecular weight is 386 g/mol. The number of hydrogen-bond acceptors (Lipinski definition) is 7. The fraction of sp³-hybridized carbons (Fsp3) is 0.350. The summed E-state index contributed by atoms with van der Waals surface area (Å²) in [5.41, 5.74) is 1.90. The summed E-state index contributed by atoms with van der Waals surface area (Å²) in [5, 5.41) is 25.0. The zero-order valence-corrected chi connectivity index (χ0v) is 15.6. The molecule has 1 aliphatic rings. The first-order chi connectivity index (χ1) is 13.4. The maximum Gasteiger partial charge on any atom is 0.322 e. The highest BCUT2D eigenvalue weighted by molar-refractivity contribution is 5.76. The van der Waals surface area contributed by atoms with Crippen LogP contribution in [0.3, 0.4) is 0 Å². The van der Waals surface area contributed by atoms with Gasteiger partial charge in [0.2, 0.25) is 0 Å². The van der Waals surface area contributed by atoms with Gasteiger partial charge in [0.05, 0.1) is 25.2 Å². The number of carbonyl (C=O) groups is 1. The minimum Gasteiger partial charge on any atom is -0.496 e. The topological polar surface area (TPSA) is 111 Å². The van der Waals surface area contributed by atoms with Crippen molar-refractivity contribution in [3.63, 3.8) is 0 Å². The highest BCUT2D eigenvalue weighted by Crippen LogP contribution is 2.37. The molecule has 28 heavy (non-hydrogen) atoms. The third kappa shape index (κ3) is 3.97. The third-order valence-electron chi connectivity index (χ3n) is 5.03. The Balaban J connectivity index is 1.90. The number of nitrogens with one attached hydrogen (secondary N) is 1. The molecule has 2 aromatic carbocycles. The lowest BCUT2D eigenvalue weighted by atomic mass is 9.91. The summed E-state index contributed by atoms with van der Waals surface area (Å²) in [6.45, 7) is 0.485. The van der Waals surface area contributed by atoms with Gasteiger partial charge in [0.25, 0.3) is 5.69 Å². The molecule has 0 aromatic heterocycles. The molecule has 8 nitrogen and oxygen atoms in total. The smallest absolute Gasteiger partial charge is 0.322 e. The van der Waals surface area contributed by atoms with Gasteiger partial charge in [-0.1, -0.05) is 18.2 Å². The number of aliphatic hydroxyl groups is 1. The summed E-state index contributed by atoms with van der Waals surface area (Å²) >= 11 is 0. The fourth-order valence-electron chi connectivity index (χ4n) is 3.52. The van der Waals surface area contributed by atoms with E-state index in [0.29, 0.717) is 35.4 Å². The number of nitrogens with zero attached hydrogens (tertiary/aromatic N) is 1. The van der Waals surface area contributed by atoms with Gasteiger partial charge in [0.15, 0.2) is 0 Å². The molecule has 0 saturated carbocycles. The Morgan fingerprint density at radius 1 is 1.29 bits per heavy atom. The van der Waals surface area contributed by atoms with E-state index in [1.54, 1.807) is 30.3 Å². The third-order valence-corrected chi connectivity index (χ3v) is 5.03. The predicted octanol–water partition coefficient (Wildman–Crippen LogP) is 2.45. The molecule has 1 fully saturated rings. The number of esters is 1. The normalized spacial score (nSPS) is 19.8. The molecule has 148 valence electrons. The summed E-state index contributed by atoms with van der Waals surface area (Å²) in [6, 6.07) is 11.1. The largest absolute Gasteiger partial charge is 0.496 e. The molecular formula is C20H22N2O6. The highest BCUT2D eigenvalue weighted by atomic mass is 16.6. The number of methoxy groups -OCH3 is 2. The number of nitro groups is 1. The van der Waals surface area contributed by atoms with Crippen molar-refractivity contribution < 1.29 is 24.3 Å². The molecule has 1 saturated heterocycles. The first kappa shape index (κ1) is 19.8. The van der Waals surface area contributed by atoms with E-state index in [4.69, 9.17) is 9.47 Å². The van der Waals surface area contributed by atoms with Gasteiger partial charge in [-0.05, 0) is 29.7 Å². The predicted molar refractivity (Wildman–Crippen MR) is 102 cm³/mol. The number of non-ortho nitro benzene ring substituents is 1. The van der Waals surface area contributed by atoms with Gasteiger partial charge >= 0.3 is 5.97 Å². The van der Waals surface area contributed by atoms with E-state index in [-0.39, 0.29) is 17.6 Å². The molecule has 0 aliphatic carbocycles. The molecule has 2 N–H and O–H groups in total. The second-order valence-electron chi connectivity index (χ2n) is 6.69. The lowest BCUT2D eigenvalue weighted by Gasteiger charge is -2.19. The standard InChI is InChI=1S/C20H22N2O6/c1-27-18-7-6-13(19(23)14-10-17(21-11-14)20(24)28-2)9-16(18)12-4-3-5-15(8-12)22(25)26/h3-9,14,17,19,21,23H,10-11H2,1-2H3/t14-,17+,19?/m0/s1. The summed E-state index contributed by atoms with van der Waals surface area (Å²) in [6.07, 6.45) is -0.336. The van der Waals surface area contributed by atoms with Crippen molar-refractivity contribution in [2.75, 3.05) is 20.8 Å². The number of benzene rings is 2. The minimum atomic E-state index is -0.800. The maximum atomic E-state index is 11.7. The molecule has 1 heterocycles. The van der Waals surface area contributed by atoms with Gasteiger partial charge in [-0.25, -0.2) is 0 Å². The molecule has 0 amide bonds. The number of rotatable bonds is 6. The molecule has 8 heteroatoms. The Morgan fingerprint density at radius 2 is 2.07 bits per heavy atom. The van der Waals surface area contributed by atoms with Crippen molar-refractivity contribution in [3.8, 4) is 16.9 Å². The number of aliphatic hydroxyl groups excluding tert-OH is 1. The molecule has 0 bridgehead atoms. The Morgan fingerprint density at radius 3 is 2.75 bits per heavy atom. The van der Waals surface area contributed by atoms with Gasteiger partial charge in [0, 0.05) is 30.2 Å². The van der Waals surface area contributed by atoms with E-state index in [2.05, 4.69) is 5.32 Å². The van der Waals surface area contributed by atoms with Crippen LogP contribution in [0.25, 0.3) is 11.1 Å². The first-order valence-corrected chi connectivity index (χ1v) is 8.86. The number of nitro benzene ring substituents is 1. The van der Waals surface area contributed by atoms with Crippen LogP contribution in [0.1, 0.15) is 18.1 Å². The van der Waals surface area contributed by atoms with Gasteiger partial charge in [-0.3, -0.25) is 14.9 Å². The first-order valence-electron chi connectivity index (χ1n) is 8.86. The zero-order chi connectivity index (χ0) is 20.3. The van der Waals surface area contributed by atoms with Crippen molar-refractivity contribution >= 4 is 11.7 Å². The fourth-order valence-corrected chi connectivity index (χ4v) is 3.52. The highest BCUT2D eigenvalue weighted by Gasteiger charge is 2.34. The van der Waals surface area contributed by atoms with E-state index in [1.807, 2.05) is 0 Å². The van der Waals surface area contributed by atoms with Crippen LogP contribution in [0.15, 0.2) is 42.5 Å². The lowest BCUT2D eigenvalue weighted by Crippen LogP contribution is -2.31. The maximum absolute atomic E-state index is 11.7. The summed E-state index contributed by atoms with van der Waals surface area (Å²) in [5.74, 6) is 0.0469. The second kappa shape index (κ2) is 8.37. The Kier molecular flexibility index (Phi) is 5.91. The van der Waals surface area contributed by atoms with Gasteiger partial charge < -0.3 is 19.9 Å². The second-order valence-corrected chi connectivity index (χ2v) is 6.69. The molecule has 3 rings (SSSR count). The molecule has 1 aliphatic heterocycles. The Hall–Kier alpha value is -2.97. The van der Waals surface area contributed by atoms with Crippen LogP contribution >= 0.6 is 0 Å². The van der Waals surface area contributed by atoms with E-state index in [0.717, 1.165) is 0 Å². The lowest BCUT2D eigenvalue weighted by molar-refractivity contribution is -0.384. The Bertz CT molecular complexity index is 885. The van der Waals surface area contributed by atoms with Crippen molar-refractivity contribution in [2.45, 2.75) is 18.6 Å². The van der Waals surface area contributed by atoms with Gasteiger partial charge in [0.1, 0.15) is 11.8 Å². The van der Waals surface area contributed by atoms with Crippen LogP contribution < -0.4 is 10.1 Å². The number of carbonyl (C=O) groups excluding carboxylic acids is 1. The van der Waals surface area contributed by atoms with Crippen LogP contribution in [0.2, 0.25) is 0 Å². The quantitative estimate of drug-likeness (QED) is 0.446. The van der Waals surface area contributed by atoms with Gasteiger partial charge in [-0.15, -0.1) is 0 Å². The minimum absolute atomic E-state index is 0.0218. The van der Waals surface area contributed by atoms with E-state index >= 15 is 0 Å². The van der Waals surface area contributed by atoms with Crippen LogP contribution in [0, 0.1) is 16.0 Å². The monoisotopic (exact) mass is 386 g/mol. The molecule has 0 radical (unpaired) electrons. The number of hydrogen-bond donors (Lipinski definition) is 2. The summed E-state index contributed by atoms with van der Waals surface area (Å²) in [7, 11) is 2.86. The summed E-state index contributed by atoms with van der Waals surface area (Å²) < 4.78 is 10.1. The van der Waals surface area contributed by atoms with E-state index in [1.165, 1.54) is 26.4 Å². The van der Waals surface area contributed by atoms with E-state index < -0.39 is 17.1 Å². The van der Waals surface area contributed by atoms with E-state index in [9.17, 15) is 20.0 Å². The van der Waals surface area contributed by atoms with Crippen molar-refractivity contribution in [2.24, 2.45) is 5.92 Å². The molecule has 2 aromatic rings. The zero-order valence-electron chi connectivity index (χ0n) is 15.6. The SMILES string of the molecule is COC(=O)[C@H]1C[C@H](C(O)c2ccc(OC)c(-c3cccc([N+](=O)[O-])c3)c2)CN1. The van der Waals surface area contributed by atoms with Crippen LogP contribution in [0.5, 0.6) is 5.75 Å². The molecular weight excluding hydrogens is 364 g/mol. The Labute approximate surface area is 162 Å². The van der Waals surface area contributed by atoms with Crippen LogP contribution in [0.4, 0.5) is 5.69 Å². The molecule has 0 spiro atoms. The average Bonchev–Trinajstić information content (AvgIpc) is 3.22. The molecule has 1 unspecified atom stereocenters. The van der Waals surface area contributed by atoms with Crippen LogP contribution in [-0.4, -0.2) is 42.8 Å². The number of ether oxygens (including phenoxy) is 2. The van der Waals surface area contributed by atoms with Crippen molar-refractivity contribution in [1.82, 2.24) is 5.32 Å². The van der Waals surface area contributed by atoms with Gasteiger partial charge in [-0.2, -0.15) is 0 Å². The summed E-state index contributed by atoms with van der Waals surface area (Å²) in [4.78, 5) is 22.3. The molecule has 3 atom stereocenters. The van der Waals surface area contributed by atoms with Crippen LogP contribution in [-0.2, 0) is 9.53 Å².